The quantitative estimate of drug-likeness (QED) is 0.427. The Kier molecular flexibility index (Phi) is 6.01. The van der Waals surface area contributed by atoms with Crippen LogP contribution in [0.4, 0.5) is 0 Å². The molecule has 1 aromatic heterocycles. The molecule has 0 fully saturated rings. The molecule has 27 heavy (non-hydrogen) atoms. The molecular formula is C20H24N2O3S2. The molecule has 1 aromatic carbocycles. The predicted molar refractivity (Wildman–Crippen MR) is 110 cm³/mol. The number of hydrogen-bond acceptors (Lipinski definition) is 6. The molecule has 0 aliphatic carbocycles. The molecule has 144 valence electrons. The van der Waals surface area contributed by atoms with Crippen LogP contribution in [0.2, 0.25) is 0 Å². The number of benzene rings is 1. The summed E-state index contributed by atoms with van der Waals surface area (Å²) in [6, 6.07) is 6.02. The van der Waals surface area contributed by atoms with Crippen LogP contribution < -0.4 is 5.56 Å². The number of carbonyl (C=O) groups is 1. The minimum absolute atomic E-state index is 0.0575. The summed E-state index contributed by atoms with van der Waals surface area (Å²) in [7, 11) is 0. The lowest BCUT2D eigenvalue weighted by Gasteiger charge is -2.17. The second kappa shape index (κ2) is 8.10. The SMILES string of the molecule is CCOC(=O)[C@@H](C)Sc1nc2c(c(=O)n1-c1cc(C)cc(C)c1)S[C@@H](C)C2. The highest BCUT2D eigenvalue weighted by molar-refractivity contribution is 8.00. The van der Waals surface area contributed by atoms with Gasteiger partial charge in [0.05, 0.1) is 22.9 Å². The molecule has 0 bridgehead atoms. The third kappa shape index (κ3) is 4.24. The van der Waals surface area contributed by atoms with E-state index in [1.165, 1.54) is 11.8 Å². The van der Waals surface area contributed by atoms with E-state index >= 15 is 0 Å². The maximum atomic E-state index is 13.3. The summed E-state index contributed by atoms with van der Waals surface area (Å²) in [6.45, 7) is 10.0. The van der Waals surface area contributed by atoms with Gasteiger partial charge in [-0.3, -0.25) is 14.2 Å². The lowest BCUT2D eigenvalue weighted by atomic mass is 10.1. The van der Waals surface area contributed by atoms with Crippen molar-refractivity contribution in [1.82, 2.24) is 9.55 Å². The van der Waals surface area contributed by atoms with E-state index in [-0.39, 0.29) is 11.5 Å². The van der Waals surface area contributed by atoms with Crippen LogP contribution in [0.25, 0.3) is 5.69 Å². The van der Waals surface area contributed by atoms with Crippen molar-refractivity contribution in [3.8, 4) is 5.69 Å². The van der Waals surface area contributed by atoms with E-state index in [0.717, 1.165) is 33.8 Å². The molecule has 0 amide bonds. The van der Waals surface area contributed by atoms with Gasteiger partial charge < -0.3 is 4.74 Å². The average Bonchev–Trinajstić information content (AvgIpc) is 2.95. The summed E-state index contributed by atoms with van der Waals surface area (Å²) < 4.78 is 6.76. The van der Waals surface area contributed by atoms with Crippen LogP contribution in [0, 0.1) is 13.8 Å². The Bertz CT molecular complexity index is 919. The summed E-state index contributed by atoms with van der Waals surface area (Å²) >= 11 is 2.85. The summed E-state index contributed by atoms with van der Waals surface area (Å²) in [5, 5.41) is 0.424. The van der Waals surface area contributed by atoms with E-state index < -0.39 is 5.25 Å². The topological polar surface area (TPSA) is 61.2 Å². The second-order valence-electron chi connectivity index (χ2n) is 6.80. The first-order chi connectivity index (χ1) is 12.8. The first-order valence-corrected chi connectivity index (χ1v) is 10.8. The molecule has 1 aliphatic heterocycles. The van der Waals surface area contributed by atoms with Crippen LogP contribution in [0.3, 0.4) is 0 Å². The molecule has 2 heterocycles. The number of aromatic nitrogens is 2. The van der Waals surface area contributed by atoms with Gasteiger partial charge in [0.2, 0.25) is 0 Å². The number of carbonyl (C=O) groups excluding carboxylic acids is 1. The van der Waals surface area contributed by atoms with E-state index in [2.05, 4.69) is 13.0 Å². The van der Waals surface area contributed by atoms with Gasteiger partial charge in [-0.1, -0.05) is 24.8 Å². The van der Waals surface area contributed by atoms with E-state index in [0.29, 0.717) is 17.0 Å². The zero-order valence-corrected chi connectivity index (χ0v) is 17.9. The Balaban J connectivity index is 2.14. The van der Waals surface area contributed by atoms with Crippen molar-refractivity contribution in [1.29, 1.82) is 0 Å². The van der Waals surface area contributed by atoms with Crippen molar-refractivity contribution in [2.45, 2.75) is 61.6 Å². The van der Waals surface area contributed by atoms with Crippen LogP contribution in [-0.4, -0.2) is 32.6 Å². The fraction of sp³-hybridized carbons (Fsp3) is 0.450. The lowest BCUT2D eigenvalue weighted by molar-refractivity contribution is -0.142. The molecule has 3 rings (SSSR count). The van der Waals surface area contributed by atoms with Crippen molar-refractivity contribution < 1.29 is 9.53 Å². The monoisotopic (exact) mass is 404 g/mol. The Morgan fingerprint density at radius 2 is 2.04 bits per heavy atom. The number of aryl methyl sites for hydroxylation is 2. The van der Waals surface area contributed by atoms with Crippen LogP contribution in [0.5, 0.6) is 0 Å². The maximum Gasteiger partial charge on any atom is 0.319 e. The number of rotatable bonds is 5. The average molecular weight is 405 g/mol. The van der Waals surface area contributed by atoms with Crippen molar-refractivity contribution in [2.75, 3.05) is 6.61 Å². The molecule has 0 spiro atoms. The normalized spacial score (nSPS) is 16.9. The zero-order valence-electron chi connectivity index (χ0n) is 16.2. The molecule has 7 heteroatoms. The summed E-state index contributed by atoms with van der Waals surface area (Å²) in [6.07, 6.45) is 0.768. The number of thioether (sulfide) groups is 2. The molecule has 1 aliphatic rings. The Hall–Kier alpha value is -1.73. The Morgan fingerprint density at radius 3 is 2.67 bits per heavy atom. The van der Waals surface area contributed by atoms with Gasteiger partial charge in [-0.05, 0) is 51.0 Å². The summed E-state index contributed by atoms with van der Waals surface area (Å²) in [5.74, 6) is -0.299. The van der Waals surface area contributed by atoms with E-state index in [4.69, 9.17) is 9.72 Å². The summed E-state index contributed by atoms with van der Waals surface area (Å²) in [4.78, 5) is 30.9. The first kappa shape index (κ1) is 20.0. The standard InChI is InChI=1S/C20H24N2O3S2/c1-6-25-19(24)14(5)27-20-21-16-10-13(4)26-17(16)18(23)22(20)15-8-11(2)7-12(3)9-15/h7-9,13-14H,6,10H2,1-5H3/t13-,14+/m0/s1. The number of fused-ring (bicyclic) bond motifs is 1. The molecule has 0 radical (unpaired) electrons. The maximum absolute atomic E-state index is 13.3. The van der Waals surface area contributed by atoms with Gasteiger partial charge in [-0.2, -0.15) is 0 Å². The van der Waals surface area contributed by atoms with Gasteiger partial charge in [-0.15, -0.1) is 11.8 Å². The van der Waals surface area contributed by atoms with Gasteiger partial charge in [-0.25, -0.2) is 4.98 Å². The van der Waals surface area contributed by atoms with Crippen molar-refractivity contribution >= 4 is 29.5 Å². The van der Waals surface area contributed by atoms with Crippen LogP contribution in [-0.2, 0) is 16.0 Å². The predicted octanol–water partition coefficient (Wildman–Crippen LogP) is 3.93. The second-order valence-corrected chi connectivity index (χ2v) is 9.56. The smallest absolute Gasteiger partial charge is 0.319 e. The van der Waals surface area contributed by atoms with Gasteiger partial charge in [0.25, 0.3) is 5.56 Å². The highest BCUT2D eigenvalue weighted by Crippen LogP contribution is 2.35. The lowest BCUT2D eigenvalue weighted by Crippen LogP contribution is -2.26. The fourth-order valence-corrected chi connectivity index (χ4v) is 5.19. The number of esters is 1. The molecule has 0 unspecified atom stereocenters. The van der Waals surface area contributed by atoms with Gasteiger partial charge in [0.15, 0.2) is 5.16 Å². The fourth-order valence-electron chi connectivity index (χ4n) is 3.15. The first-order valence-electron chi connectivity index (χ1n) is 9.04. The van der Waals surface area contributed by atoms with Crippen molar-refractivity contribution in [2.24, 2.45) is 0 Å². The number of nitrogens with zero attached hydrogens (tertiary/aromatic N) is 2. The van der Waals surface area contributed by atoms with Crippen LogP contribution in [0.15, 0.2) is 33.0 Å². The third-order valence-corrected chi connectivity index (χ3v) is 6.49. The molecule has 2 aromatic rings. The molecule has 2 atom stereocenters. The zero-order chi connectivity index (χ0) is 19.7. The third-order valence-electron chi connectivity index (χ3n) is 4.25. The van der Waals surface area contributed by atoms with E-state index in [1.54, 1.807) is 30.2 Å². The Labute approximate surface area is 167 Å². The minimum Gasteiger partial charge on any atom is -0.465 e. The van der Waals surface area contributed by atoms with Crippen molar-refractivity contribution in [3.05, 3.63) is 45.4 Å². The summed E-state index contributed by atoms with van der Waals surface area (Å²) in [5.41, 5.74) is 3.71. The molecule has 0 N–H and O–H groups in total. The van der Waals surface area contributed by atoms with Gasteiger partial charge >= 0.3 is 5.97 Å². The highest BCUT2D eigenvalue weighted by Gasteiger charge is 2.28. The van der Waals surface area contributed by atoms with E-state index in [1.807, 2.05) is 26.0 Å². The van der Waals surface area contributed by atoms with Crippen LogP contribution >= 0.6 is 23.5 Å². The van der Waals surface area contributed by atoms with Gasteiger partial charge in [0, 0.05) is 11.7 Å². The molecule has 5 nitrogen and oxygen atoms in total. The number of hydrogen-bond donors (Lipinski definition) is 0. The van der Waals surface area contributed by atoms with Gasteiger partial charge in [0.1, 0.15) is 5.25 Å². The van der Waals surface area contributed by atoms with Crippen molar-refractivity contribution in [3.63, 3.8) is 0 Å². The minimum atomic E-state index is -0.446. The number of ether oxygens (including phenoxy) is 1. The molecular weight excluding hydrogens is 380 g/mol. The van der Waals surface area contributed by atoms with Crippen LogP contribution in [0.1, 0.15) is 37.6 Å². The largest absolute Gasteiger partial charge is 0.465 e. The molecule has 0 saturated carbocycles. The molecule has 0 saturated heterocycles. The highest BCUT2D eigenvalue weighted by atomic mass is 32.2. The van der Waals surface area contributed by atoms with E-state index in [9.17, 15) is 9.59 Å². The Morgan fingerprint density at radius 1 is 1.37 bits per heavy atom.